The van der Waals surface area contributed by atoms with Crippen LogP contribution in [0, 0.1) is 0 Å². The average molecular weight is 250 g/mol. The number of anilines is 1. The van der Waals surface area contributed by atoms with E-state index in [-0.39, 0.29) is 0 Å². The average Bonchev–Trinajstić information content (AvgIpc) is 2.28. The van der Waals surface area contributed by atoms with Gasteiger partial charge in [-0.2, -0.15) is 0 Å². The lowest BCUT2D eigenvalue weighted by Crippen LogP contribution is -2.37. The van der Waals surface area contributed by atoms with Crippen LogP contribution in [0.1, 0.15) is 32.3 Å². The summed E-state index contributed by atoms with van der Waals surface area (Å²) in [6, 6.07) is 6.87. The van der Waals surface area contributed by atoms with Crippen LogP contribution in [0.2, 0.25) is 0 Å². The molecule has 1 atom stereocenters. The highest BCUT2D eigenvalue weighted by Crippen LogP contribution is 2.39. The molecule has 2 rings (SSSR count). The van der Waals surface area contributed by atoms with Crippen LogP contribution in [0.4, 0.5) is 5.69 Å². The lowest BCUT2D eigenvalue weighted by Gasteiger charge is -2.34. The van der Waals surface area contributed by atoms with Gasteiger partial charge in [-0.3, -0.25) is 0 Å². The zero-order chi connectivity index (χ0) is 12.4. The third-order valence-electron chi connectivity index (χ3n) is 3.20. The van der Waals surface area contributed by atoms with Gasteiger partial charge in [0.25, 0.3) is 0 Å². The van der Waals surface area contributed by atoms with Crippen LogP contribution in [-0.2, 0) is 0 Å². The SMILES string of the molecule is CC1CN(CCN)c2ccc(C(C)C)cc2S1. The number of fused-ring (bicyclic) bond motifs is 1. The predicted octanol–water partition coefficient (Wildman–Crippen LogP) is 3.07. The largest absolute Gasteiger partial charge is 0.368 e. The van der Waals surface area contributed by atoms with Gasteiger partial charge in [-0.25, -0.2) is 0 Å². The Kier molecular flexibility index (Phi) is 4.00. The molecule has 0 fully saturated rings. The summed E-state index contributed by atoms with van der Waals surface area (Å²) < 4.78 is 0. The van der Waals surface area contributed by atoms with Crippen LogP contribution in [0.3, 0.4) is 0 Å². The van der Waals surface area contributed by atoms with Gasteiger partial charge in [0, 0.05) is 29.8 Å². The number of benzene rings is 1. The van der Waals surface area contributed by atoms with Gasteiger partial charge in [0.2, 0.25) is 0 Å². The summed E-state index contributed by atoms with van der Waals surface area (Å²) >= 11 is 1.99. The summed E-state index contributed by atoms with van der Waals surface area (Å²) in [6.45, 7) is 9.57. The van der Waals surface area contributed by atoms with Gasteiger partial charge in [0.15, 0.2) is 0 Å². The molecule has 0 bridgehead atoms. The minimum atomic E-state index is 0.598. The van der Waals surface area contributed by atoms with Crippen molar-refractivity contribution in [3.63, 3.8) is 0 Å². The Balaban J connectivity index is 2.33. The van der Waals surface area contributed by atoms with Crippen molar-refractivity contribution in [2.45, 2.75) is 36.8 Å². The van der Waals surface area contributed by atoms with E-state index in [4.69, 9.17) is 5.73 Å². The number of rotatable bonds is 3. The Hall–Kier alpha value is -0.670. The Bertz CT molecular complexity index is 390. The van der Waals surface area contributed by atoms with E-state index in [2.05, 4.69) is 43.9 Å². The quantitative estimate of drug-likeness (QED) is 0.894. The number of hydrogen-bond donors (Lipinski definition) is 1. The van der Waals surface area contributed by atoms with Gasteiger partial charge in [0.1, 0.15) is 0 Å². The minimum Gasteiger partial charge on any atom is -0.368 e. The third kappa shape index (κ3) is 2.78. The standard InChI is InChI=1S/C14H22N2S/c1-10(2)12-4-5-13-14(8-12)17-11(3)9-16(13)7-6-15/h4-5,8,10-11H,6-7,9,15H2,1-3H3. The van der Waals surface area contributed by atoms with Crippen LogP contribution in [0.25, 0.3) is 0 Å². The molecule has 1 aromatic carbocycles. The maximum absolute atomic E-state index is 5.69. The van der Waals surface area contributed by atoms with Crippen molar-refractivity contribution in [1.82, 2.24) is 0 Å². The van der Waals surface area contributed by atoms with Crippen LogP contribution >= 0.6 is 11.8 Å². The molecule has 1 aromatic rings. The van der Waals surface area contributed by atoms with Crippen molar-refractivity contribution in [2.24, 2.45) is 5.73 Å². The normalized spacial score (nSPS) is 19.6. The van der Waals surface area contributed by atoms with Crippen molar-refractivity contribution < 1.29 is 0 Å². The summed E-state index contributed by atoms with van der Waals surface area (Å²) in [7, 11) is 0. The maximum atomic E-state index is 5.69. The van der Waals surface area contributed by atoms with E-state index in [1.165, 1.54) is 16.1 Å². The molecular weight excluding hydrogens is 228 g/mol. The van der Waals surface area contributed by atoms with E-state index in [0.29, 0.717) is 11.2 Å². The number of hydrogen-bond acceptors (Lipinski definition) is 3. The molecule has 0 aliphatic carbocycles. The molecule has 94 valence electrons. The second-order valence-electron chi connectivity index (χ2n) is 5.05. The fourth-order valence-electron chi connectivity index (χ4n) is 2.28. The minimum absolute atomic E-state index is 0.598. The van der Waals surface area contributed by atoms with Crippen LogP contribution < -0.4 is 10.6 Å². The van der Waals surface area contributed by atoms with Crippen LogP contribution in [0.15, 0.2) is 23.1 Å². The number of nitrogens with two attached hydrogens (primary N) is 1. The molecule has 2 N–H and O–H groups in total. The van der Waals surface area contributed by atoms with E-state index < -0.39 is 0 Å². The van der Waals surface area contributed by atoms with Gasteiger partial charge < -0.3 is 10.6 Å². The maximum Gasteiger partial charge on any atom is 0.0505 e. The molecule has 0 saturated carbocycles. The molecule has 0 spiro atoms. The monoisotopic (exact) mass is 250 g/mol. The topological polar surface area (TPSA) is 29.3 Å². The fraction of sp³-hybridized carbons (Fsp3) is 0.571. The second kappa shape index (κ2) is 5.32. The molecule has 0 saturated heterocycles. The second-order valence-corrected chi connectivity index (χ2v) is 6.53. The predicted molar refractivity (Wildman–Crippen MR) is 77.1 cm³/mol. The van der Waals surface area contributed by atoms with Crippen molar-refractivity contribution in [1.29, 1.82) is 0 Å². The molecule has 1 heterocycles. The first-order valence-corrected chi connectivity index (χ1v) is 7.25. The van der Waals surface area contributed by atoms with E-state index in [1.807, 2.05) is 11.8 Å². The Morgan fingerprint density at radius 3 is 2.88 bits per heavy atom. The van der Waals surface area contributed by atoms with Crippen molar-refractivity contribution in [3.8, 4) is 0 Å². The van der Waals surface area contributed by atoms with E-state index >= 15 is 0 Å². The zero-order valence-corrected chi connectivity index (χ0v) is 11.8. The lowest BCUT2D eigenvalue weighted by molar-refractivity contribution is 0.751. The van der Waals surface area contributed by atoms with E-state index in [9.17, 15) is 0 Å². The Morgan fingerprint density at radius 1 is 1.47 bits per heavy atom. The summed E-state index contributed by atoms with van der Waals surface area (Å²) in [5.41, 5.74) is 8.48. The Labute approximate surface area is 109 Å². The van der Waals surface area contributed by atoms with E-state index in [1.54, 1.807) is 0 Å². The lowest BCUT2D eigenvalue weighted by atomic mass is 10.0. The molecule has 0 aromatic heterocycles. The first-order valence-electron chi connectivity index (χ1n) is 6.37. The number of nitrogens with zero attached hydrogens (tertiary/aromatic N) is 1. The molecule has 1 aliphatic heterocycles. The summed E-state index contributed by atoms with van der Waals surface area (Å²) in [6.07, 6.45) is 0. The van der Waals surface area contributed by atoms with Gasteiger partial charge in [-0.05, 0) is 23.6 Å². The highest BCUT2D eigenvalue weighted by atomic mass is 32.2. The molecule has 1 aliphatic rings. The van der Waals surface area contributed by atoms with Gasteiger partial charge in [0.05, 0.1) is 5.69 Å². The molecule has 3 heteroatoms. The van der Waals surface area contributed by atoms with E-state index in [0.717, 1.165) is 19.6 Å². The summed E-state index contributed by atoms with van der Waals surface area (Å²) in [4.78, 5) is 3.84. The van der Waals surface area contributed by atoms with Gasteiger partial charge in [-0.1, -0.05) is 26.8 Å². The highest BCUT2D eigenvalue weighted by Gasteiger charge is 2.22. The van der Waals surface area contributed by atoms with Crippen molar-refractivity contribution in [2.75, 3.05) is 24.5 Å². The molecular formula is C14H22N2S. The smallest absolute Gasteiger partial charge is 0.0505 e. The van der Waals surface area contributed by atoms with Crippen LogP contribution in [0.5, 0.6) is 0 Å². The molecule has 0 radical (unpaired) electrons. The molecule has 0 amide bonds. The summed E-state index contributed by atoms with van der Waals surface area (Å²) in [5.74, 6) is 0.598. The molecule has 2 nitrogen and oxygen atoms in total. The zero-order valence-electron chi connectivity index (χ0n) is 10.9. The fourth-order valence-corrected chi connectivity index (χ4v) is 3.49. The van der Waals surface area contributed by atoms with Crippen molar-refractivity contribution >= 4 is 17.4 Å². The first-order chi connectivity index (χ1) is 8.11. The Morgan fingerprint density at radius 2 is 2.24 bits per heavy atom. The third-order valence-corrected chi connectivity index (χ3v) is 4.33. The summed E-state index contributed by atoms with van der Waals surface area (Å²) in [5, 5.41) is 0.650. The van der Waals surface area contributed by atoms with Crippen LogP contribution in [-0.4, -0.2) is 24.9 Å². The van der Waals surface area contributed by atoms with Gasteiger partial charge in [-0.15, -0.1) is 11.8 Å². The first kappa shape index (κ1) is 12.8. The highest BCUT2D eigenvalue weighted by molar-refractivity contribution is 8.00. The van der Waals surface area contributed by atoms with Gasteiger partial charge >= 0.3 is 0 Å². The molecule has 17 heavy (non-hydrogen) atoms. The number of thioether (sulfide) groups is 1. The van der Waals surface area contributed by atoms with Crippen molar-refractivity contribution in [3.05, 3.63) is 23.8 Å². The molecule has 1 unspecified atom stereocenters.